The zero-order valence-electron chi connectivity index (χ0n) is 19.3. The van der Waals surface area contributed by atoms with Crippen LogP contribution in [0.3, 0.4) is 0 Å². The van der Waals surface area contributed by atoms with Gasteiger partial charge in [-0.25, -0.2) is 13.4 Å². The van der Waals surface area contributed by atoms with Crippen molar-refractivity contribution >= 4 is 60.8 Å². The largest absolute Gasteiger partial charge is 0.366 e. The lowest BCUT2D eigenvalue weighted by Crippen LogP contribution is -2.09. The van der Waals surface area contributed by atoms with Crippen LogP contribution in [-0.4, -0.2) is 23.0 Å². The molecule has 0 saturated carbocycles. The van der Waals surface area contributed by atoms with Gasteiger partial charge in [-0.05, 0) is 51.3 Å². The molecule has 0 saturated heterocycles. The molecule has 0 aliphatic heterocycles. The highest BCUT2D eigenvalue weighted by Crippen LogP contribution is 2.30. The molecule has 2 heterocycles. The van der Waals surface area contributed by atoms with Gasteiger partial charge in [0.25, 0.3) is 10.0 Å². The van der Waals surface area contributed by atoms with E-state index in [1.54, 1.807) is 28.9 Å². The van der Waals surface area contributed by atoms with Gasteiger partial charge in [-0.2, -0.15) is 9.61 Å². The zero-order chi connectivity index (χ0) is 25.8. The van der Waals surface area contributed by atoms with Gasteiger partial charge < -0.3 is 5.32 Å². The summed E-state index contributed by atoms with van der Waals surface area (Å²) in [6, 6.07) is 25.9. The molecule has 2 aromatic heterocycles. The first-order valence-electron chi connectivity index (χ1n) is 11.3. The Morgan fingerprint density at radius 1 is 0.973 bits per heavy atom. The maximum atomic E-state index is 12.4. The first-order chi connectivity index (χ1) is 17.9. The number of benzene rings is 3. The molecule has 0 amide bonds. The van der Waals surface area contributed by atoms with E-state index in [-0.39, 0.29) is 0 Å². The summed E-state index contributed by atoms with van der Waals surface area (Å²) >= 11 is 9.92. The molecule has 7 nitrogen and oxygen atoms in total. The van der Waals surface area contributed by atoms with Crippen LogP contribution in [0, 0.1) is 0 Å². The van der Waals surface area contributed by atoms with E-state index in [1.165, 1.54) is 0 Å². The first-order valence-corrected chi connectivity index (χ1v) is 14.0. The van der Waals surface area contributed by atoms with Crippen molar-refractivity contribution in [2.45, 2.75) is 6.54 Å². The molecule has 0 radical (unpaired) electrons. The van der Waals surface area contributed by atoms with Gasteiger partial charge in [0, 0.05) is 28.9 Å². The van der Waals surface area contributed by atoms with Crippen molar-refractivity contribution in [1.82, 2.24) is 14.6 Å². The van der Waals surface area contributed by atoms with Crippen molar-refractivity contribution < 1.29 is 8.42 Å². The molecule has 0 bridgehead atoms. The van der Waals surface area contributed by atoms with Crippen LogP contribution < -0.4 is 10.0 Å². The average molecular weight is 595 g/mol. The number of rotatable bonds is 8. The second-order valence-electron chi connectivity index (χ2n) is 8.15. The third-order valence-electron chi connectivity index (χ3n) is 5.51. The van der Waals surface area contributed by atoms with Crippen molar-refractivity contribution in [2.24, 2.45) is 0 Å². The van der Waals surface area contributed by atoms with Crippen molar-refractivity contribution in [3.63, 3.8) is 0 Å². The minimum Gasteiger partial charge on any atom is -0.366 e. The fraction of sp³-hybridized carbons (Fsp3) is 0.0370. The lowest BCUT2D eigenvalue weighted by atomic mass is 10.1. The fourth-order valence-corrected chi connectivity index (χ4v) is 5.13. The Bertz CT molecular complexity index is 1690. The van der Waals surface area contributed by atoms with Crippen LogP contribution in [0.2, 0.25) is 5.02 Å². The predicted octanol–water partition coefficient (Wildman–Crippen LogP) is 6.84. The summed E-state index contributed by atoms with van der Waals surface area (Å²) in [6.07, 6.45) is 3.25. The Labute approximate surface area is 228 Å². The Kier molecular flexibility index (Phi) is 7.27. The van der Waals surface area contributed by atoms with Crippen molar-refractivity contribution in [3.8, 4) is 11.3 Å². The molecule has 0 fully saturated rings. The molecule has 5 rings (SSSR count). The quantitative estimate of drug-likeness (QED) is 0.205. The van der Waals surface area contributed by atoms with Crippen molar-refractivity contribution in [3.05, 3.63) is 117 Å². The molecule has 186 valence electrons. The molecular weight excluding hydrogens is 574 g/mol. The van der Waals surface area contributed by atoms with Crippen LogP contribution >= 0.6 is 27.5 Å². The standard InChI is InChI=1S/C27H21BrClN5O2S/c28-23-18-31-34-26(16-25(32-27(23)34)22-8-4-5-9-24(22)29)30-17-20-10-12-21(13-11-20)33-37(35,36)15-14-19-6-2-1-3-7-19/h1-16,18,30,33H,17H2/b15-14+. The van der Waals surface area contributed by atoms with Gasteiger partial charge in [0.05, 0.1) is 21.8 Å². The Balaban J connectivity index is 1.31. The number of fused-ring (bicyclic) bond motifs is 1. The number of nitrogens with zero attached hydrogens (tertiary/aromatic N) is 3. The van der Waals surface area contributed by atoms with Gasteiger partial charge in [0.1, 0.15) is 5.82 Å². The van der Waals surface area contributed by atoms with Crippen LogP contribution in [0.15, 0.2) is 101 Å². The minimum absolute atomic E-state index is 0.477. The van der Waals surface area contributed by atoms with Crippen LogP contribution in [0.1, 0.15) is 11.1 Å². The third kappa shape index (κ3) is 6.02. The molecule has 5 aromatic rings. The van der Waals surface area contributed by atoms with E-state index < -0.39 is 10.0 Å². The summed E-state index contributed by atoms with van der Waals surface area (Å²) in [4.78, 5) is 4.72. The van der Waals surface area contributed by atoms with E-state index in [0.717, 1.165) is 38.1 Å². The normalized spacial score (nSPS) is 11.7. The molecule has 0 unspecified atom stereocenters. The van der Waals surface area contributed by atoms with Gasteiger partial charge in [0.15, 0.2) is 5.65 Å². The highest BCUT2D eigenvalue weighted by molar-refractivity contribution is 9.10. The maximum absolute atomic E-state index is 12.4. The number of hydrogen-bond acceptors (Lipinski definition) is 5. The summed E-state index contributed by atoms with van der Waals surface area (Å²) < 4.78 is 29.9. The van der Waals surface area contributed by atoms with Crippen LogP contribution in [0.4, 0.5) is 11.5 Å². The number of anilines is 2. The number of nitrogens with one attached hydrogen (secondary N) is 2. The van der Waals surface area contributed by atoms with Gasteiger partial charge in [-0.3, -0.25) is 4.72 Å². The topological polar surface area (TPSA) is 88.4 Å². The van der Waals surface area contributed by atoms with E-state index >= 15 is 0 Å². The van der Waals surface area contributed by atoms with Crippen LogP contribution in [0.25, 0.3) is 23.0 Å². The second kappa shape index (κ2) is 10.8. The van der Waals surface area contributed by atoms with Gasteiger partial charge in [-0.15, -0.1) is 0 Å². The van der Waals surface area contributed by atoms with E-state index in [1.807, 2.05) is 72.8 Å². The minimum atomic E-state index is -3.64. The van der Waals surface area contributed by atoms with E-state index in [2.05, 4.69) is 31.1 Å². The lowest BCUT2D eigenvalue weighted by Gasteiger charge is -2.12. The smallest absolute Gasteiger partial charge is 0.255 e. The van der Waals surface area contributed by atoms with E-state index in [0.29, 0.717) is 22.9 Å². The van der Waals surface area contributed by atoms with E-state index in [9.17, 15) is 8.42 Å². The summed E-state index contributed by atoms with van der Waals surface area (Å²) in [5, 5.41) is 9.58. The van der Waals surface area contributed by atoms with Gasteiger partial charge in [0.2, 0.25) is 0 Å². The molecule has 0 atom stereocenters. The molecule has 0 aliphatic carbocycles. The molecular formula is C27H21BrClN5O2S. The van der Waals surface area contributed by atoms with Crippen LogP contribution in [0.5, 0.6) is 0 Å². The van der Waals surface area contributed by atoms with E-state index in [4.69, 9.17) is 16.6 Å². The second-order valence-corrected chi connectivity index (χ2v) is 11.0. The lowest BCUT2D eigenvalue weighted by molar-refractivity contribution is 0.609. The fourth-order valence-electron chi connectivity index (χ4n) is 3.68. The monoisotopic (exact) mass is 593 g/mol. The highest BCUT2D eigenvalue weighted by atomic mass is 79.9. The van der Waals surface area contributed by atoms with Crippen LogP contribution in [-0.2, 0) is 16.6 Å². The summed E-state index contributed by atoms with van der Waals surface area (Å²) in [5.74, 6) is 0.737. The van der Waals surface area contributed by atoms with Gasteiger partial charge in [-0.1, -0.05) is 72.3 Å². The molecule has 0 aliphatic rings. The van der Waals surface area contributed by atoms with Crippen molar-refractivity contribution in [2.75, 3.05) is 10.0 Å². The Morgan fingerprint density at radius 2 is 1.70 bits per heavy atom. The number of halogens is 2. The third-order valence-corrected chi connectivity index (χ3v) is 7.41. The average Bonchev–Trinajstić information content (AvgIpc) is 3.28. The summed E-state index contributed by atoms with van der Waals surface area (Å²) in [5.41, 5.74) is 4.44. The highest BCUT2D eigenvalue weighted by Gasteiger charge is 2.13. The van der Waals surface area contributed by atoms with Crippen molar-refractivity contribution in [1.29, 1.82) is 0 Å². The molecule has 37 heavy (non-hydrogen) atoms. The number of sulfonamides is 1. The summed E-state index contributed by atoms with van der Waals surface area (Å²) in [7, 11) is -3.64. The zero-order valence-corrected chi connectivity index (χ0v) is 22.5. The maximum Gasteiger partial charge on any atom is 0.255 e. The summed E-state index contributed by atoms with van der Waals surface area (Å²) in [6.45, 7) is 0.486. The van der Waals surface area contributed by atoms with Gasteiger partial charge >= 0.3 is 0 Å². The Hall–Kier alpha value is -3.66. The molecule has 0 spiro atoms. The molecule has 2 N–H and O–H groups in total. The number of aromatic nitrogens is 3. The molecule has 10 heteroatoms. The Morgan fingerprint density at radius 3 is 2.46 bits per heavy atom. The molecule has 3 aromatic carbocycles. The predicted molar refractivity (Wildman–Crippen MR) is 153 cm³/mol. The number of hydrogen-bond donors (Lipinski definition) is 2. The first kappa shape index (κ1) is 25.0. The SMILES string of the molecule is O=S(=O)(/C=C/c1ccccc1)Nc1ccc(CNc2cc(-c3ccccc3Cl)nc3c(Br)cnn23)cc1.